The van der Waals surface area contributed by atoms with Crippen molar-refractivity contribution in [3.8, 4) is 0 Å². The lowest BCUT2D eigenvalue weighted by molar-refractivity contribution is -0.117. The van der Waals surface area contributed by atoms with E-state index in [2.05, 4.69) is 17.2 Å². The second-order valence-corrected chi connectivity index (χ2v) is 7.04. The molecular formula is C15H18Cl2N4OS. The molecule has 0 unspecified atom stereocenters. The number of carbonyl (C=O) groups excluding carboxylic acids is 1. The summed E-state index contributed by atoms with van der Waals surface area (Å²) >= 11 is 13.4. The van der Waals surface area contributed by atoms with Crippen molar-refractivity contribution in [2.24, 2.45) is 0 Å². The van der Waals surface area contributed by atoms with Gasteiger partial charge in [0.15, 0.2) is 5.13 Å². The van der Waals surface area contributed by atoms with Gasteiger partial charge in [-0.2, -0.15) is 0 Å². The second kappa shape index (κ2) is 8.49. The van der Waals surface area contributed by atoms with E-state index in [9.17, 15) is 4.79 Å². The van der Waals surface area contributed by atoms with Gasteiger partial charge in [0.1, 0.15) is 0 Å². The van der Waals surface area contributed by atoms with Crippen LogP contribution in [0.5, 0.6) is 0 Å². The fourth-order valence-electron chi connectivity index (χ4n) is 2.13. The molecule has 0 fully saturated rings. The van der Waals surface area contributed by atoms with Crippen LogP contribution in [0.2, 0.25) is 10.0 Å². The Morgan fingerprint density at radius 1 is 1.43 bits per heavy atom. The molecule has 0 aliphatic carbocycles. The first kappa shape index (κ1) is 18.0. The molecule has 1 amide bonds. The van der Waals surface area contributed by atoms with E-state index in [-0.39, 0.29) is 12.5 Å². The molecule has 2 rings (SSSR count). The number of thiazole rings is 1. The summed E-state index contributed by atoms with van der Waals surface area (Å²) in [5.74, 6) is -0.125. The first-order valence-corrected chi connectivity index (χ1v) is 8.72. The summed E-state index contributed by atoms with van der Waals surface area (Å²) < 4.78 is 0. The van der Waals surface area contributed by atoms with Crippen molar-refractivity contribution in [3.63, 3.8) is 0 Å². The minimum Gasteiger partial charge on any atom is -0.375 e. The molecule has 0 bridgehead atoms. The zero-order valence-corrected chi connectivity index (χ0v) is 15.0. The van der Waals surface area contributed by atoms with Crippen LogP contribution in [0.3, 0.4) is 0 Å². The zero-order chi connectivity index (χ0) is 16.8. The molecule has 0 saturated carbocycles. The van der Waals surface area contributed by atoms with E-state index in [1.807, 2.05) is 4.90 Å². The van der Waals surface area contributed by atoms with Gasteiger partial charge in [0.05, 0.1) is 17.3 Å². The Hall–Kier alpha value is -1.34. The van der Waals surface area contributed by atoms with Crippen LogP contribution in [0.25, 0.3) is 0 Å². The highest BCUT2D eigenvalue weighted by Gasteiger charge is 2.13. The number of amides is 1. The number of nitrogens with one attached hydrogen (secondary N) is 1. The van der Waals surface area contributed by atoms with Crippen molar-refractivity contribution in [2.75, 3.05) is 24.1 Å². The Balaban J connectivity index is 1.97. The third-order valence-corrected chi connectivity index (χ3v) is 4.42. The van der Waals surface area contributed by atoms with Gasteiger partial charge < -0.3 is 11.1 Å². The Morgan fingerprint density at radius 3 is 2.83 bits per heavy atom. The summed E-state index contributed by atoms with van der Waals surface area (Å²) in [7, 11) is 0. The fraction of sp³-hybridized carbons (Fsp3) is 0.333. The van der Waals surface area contributed by atoms with E-state index in [4.69, 9.17) is 28.9 Å². The Labute approximate surface area is 149 Å². The van der Waals surface area contributed by atoms with Crippen LogP contribution in [-0.2, 0) is 11.3 Å². The summed E-state index contributed by atoms with van der Waals surface area (Å²) in [4.78, 5) is 19.4. The van der Waals surface area contributed by atoms with Crippen molar-refractivity contribution in [3.05, 3.63) is 39.3 Å². The maximum absolute atomic E-state index is 12.2. The lowest BCUT2D eigenvalue weighted by Crippen LogP contribution is -2.33. The number of rotatable bonds is 7. The molecule has 0 aliphatic rings. The van der Waals surface area contributed by atoms with Crippen molar-refractivity contribution in [2.45, 2.75) is 19.9 Å². The van der Waals surface area contributed by atoms with Gasteiger partial charge in [-0.1, -0.05) is 30.1 Å². The lowest BCUT2D eigenvalue weighted by Gasteiger charge is -2.20. The molecule has 2 aromatic rings. The molecule has 1 aromatic carbocycles. The minimum absolute atomic E-state index is 0.125. The number of nitrogens with two attached hydrogens (primary N) is 1. The Morgan fingerprint density at radius 2 is 2.22 bits per heavy atom. The third kappa shape index (κ3) is 5.66. The average molecular weight is 373 g/mol. The molecule has 23 heavy (non-hydrogen) atoms. The lowest BCUT2D eigenvalue weighted by atomic mass is 10.3. The van der Waals surface area contributed by atoms with E-state index in [0.717, 1.165) is 17.8 Å². The number of aromatic nitrogens is 1. The monoisotopic (exact) mass is 372 g/mol. The average Bonchev–Trinajstić information content (AvgIpc) is 2.87. The standard InChI is InChI=1S/C15H18Cl2N4OS/c1-2-5-21(8-11-7-19-15(18)23-11)9-14(22)20-13-4-3-10(16)6-12(13)17/h3-4,6-7H,2,5,8-9H2,1H3,(H2,18,19)(H,20,22). The molecule has 8 heteroatoms. The molecule has 5 nitrogen and oxygen atoms in total. The third-order valence-electron chi connectivity index (χ3n) is 3.06. The summed E-state index contributed by atoms with van der Waals surface area (Å²) in [6.45, 7) is 3.79. The molecule has 0 spiro atoms. The summed E-state index contributed by atoms with van der Waals surface area (Å²) in [6, 6.07) is 4.98. The Bertz CT molecular complexity index is 677. The molecule has 3 N–H and O–H groups in total. The molecule has 1 heterocycles. The number of benzene rings is 1. The summed E-state index contributed by atoms with van der Waals surface area (Å²) in [5, 5.41) is 4.30. The van der Waals surface area contributed by atoms with Crippen LogP contribution in [0.15, 0.2) is 24.4 Å². The van der Waals surface area contributed by atoms with Crippen molar-refractivity contribution >= 4 is 51.3 Å². The maximum Gasteiger partial charge on any atom is 0.238 e. The molecular weight excluding hydrogens is 355 g/mol. The van der Waals surface area contributed by atoms with Gasteiger partial charge in [-0.25, -0.2) is 4.98 Å². The number of nitrogens with zero attached hydrogens (tertiary/aromatic N) is 2. The van der Waals surface area contributed by atoms with Crippen molar-refractivity contribution in [1.29, 1.82) is 0 Å². The quantitative estimate of drug-likeness (QED) is 0.773. The predicted molar refractivity (Wildman–Crippen MR) is 97.2 cm³/mol. The first-order valence-electron chi connectivity index (χ1n) is 7.15. The molecule has 0 atom stereocenters. The summed E-state index contributed by atoms with van der Waals surface area (Å²) in [5.41, 5.74) is 6.20. The predicted octanol–water partition coefficient (Wildman–Crippen LogP) is 3.88. The van der Waals surface area contributed by atoms with E-state index in [1.54, 1.807) is 24.4 Å². The minimum atomic E-state index is -0.125. The van der Waals surface area contributed by atoms with Crippen molar-refractivity contribution in [1.82, 2.24) is 9.88 Å². The number of anilines is 2. The van der Waals surface area contributed by atoms with Gasteiger partial charge in [-0.05, 0) is 31.2 Å². The first-order chi connectivity index (χ1) is 11.0. The van der Waals surface area contributed by atoms with Crippen LogP contribution >= 0.6 is 34.5 Å². The SMILES string of the molecule is CCCN(CC(=O)Nc1ccc(Cl)cc1Cl)Cc1cnc(N)s1. The number of hydrogen-bond donors (Lipinski definition) is 2. The van der Waals surface area contributed by atoms with Crippen LogP contribution in [0.4, 0.5) is 10.8 Å². The van der Waals surface area contributed by atoms with E-state index >= 15 is 0 Å². The van der Waals surface area contributed by atoms with E-state index in [1.165, 1.54) is 11.3 Å². The van der Waals surface area contributed by atoms with Crippen LogP contribution in [0.1, 0.15) is 18.2 Å². The number of hydrogen-bond acceptors (Lipinski definition) is 5. The largest absolute Gasteiger partial charge is 0.375 e. The number of nitrogen functional groups attached to an aromatic ring is 1. The normalized spacial score (nSPS) is 11.0. The topological polar surface area (TPSA) is 71.2 Å². The van der Waals surface area contributed by atoms with Gasteiger partial charge in [-0.15, -0.1) is 11.3 Å². The maximum atomic E-state index is 12.2. The van der Waals surface area contributed by atoms with Gasteiger partial charge >= 0.3 is 0 Å². The van der Waals surface area contributed by atoms with Crippen LogP contribution in [-0.4, -0.2) is 28.9 Å². The van der Waals surface area contributed by atoms with Gasteiger partial charge in [0.25, 0.3) is 0 Å². The highest BCUT2D eigenvalue weighted by molar-refractivity contribution is 7.15. The molecule has 0 aliphatic heterocycles. The molecule has 0 saturated heterocycles. The van der Waals surface area contributed by atoms with Gasteiger partial charge in [0.2, 0.25) is 5.91 Å². The highest BCUT2D eigenvalue weighted by Crippen LogP contribution is 2.25. The Kier molecular flexibility index (Phi) is 6.65. The molecule has 1 aromatic heterocycles. The van der Waals surface area contributed by atoms with Gasteiger partial charge in [-0.3, -0.25) is 9.69 Å². The van der Waals surface area contributed by atoms with Crippen molar-refractivity contribution < 1.29 is 4.79 Å². The second-order valence-electron chi connectivity index (χ2n) is 5.05. The van der Waals surface area contributed by atoms with Crippen LogP contribution < -0.4 is 11.1 Å². The van der Waals surface area contributed by atoms with E-state index in [0.29, 0.717) is 27.4 Å². The fourth-order valence-corrected chi connectivity index (χ4v) is 3.31. The van der Waals surface area contributed by atoms with Crippen LogP contribution in [0, 0.1) is 0 Å². The summed E-state index contributed by atoms with van der Waals surface area (Å²) in [6.07, 6.45) is 2.69. The molecule has 0 radical (unpaired) electrons. The van der Waals surface area contributed by atoms with Gasteiger partial charge in [0, 0.05) is 22.6 Å². The smallest absolute Gasteiger partial charge is 0.238 e. The number of carbonyl (C=O) groups is 1. The number of halogens is 2. The zero-order valence-electron chi connectivity index (χ0n) is 12.7. The molecule has 124 valence electrons. The highest BCUT2D eigenvalue weighted by atomic mass is 35.5. The van der Waals surface area contributed by atoms with E-state index < -0.39 is 0 Å².